The van der Waals surface area contributed by atoms with Gasteiger partial charge in [0.15, 0.2) is 34.3 Å². The standard InChI is InChI=1S/C22H28FN6O7P.C17H19N2O7P.C11H14FN5O3.C4H9.ClH.Mg/c1-4-33-21(31)13(2)28-37(32,36-14-8-6-5-7-9-14)34-11-16-17(30)22(3,23)18(35-16)15-10-25-20-19(24)26-12-27-29(15)20;1-3-24-17(20)13(2)18-27(23,25-15-7-5-4-6-8-15)26-16-11-9-14(10-12-16)19(21)22;1-11(12)7(19)6(3-18)20-8(11)5-2-14-10-9(13)15-4-16-17(5)10;1-4(2)3;;/h5-10,12-13,16-18,30H,4,11H2,1-3H3,(H,28,32)(H2,24,26,27);4-13H,3H2,1-2H3,(H,18,23);2,4,6-8,18-19H,3H2,1H3,(H2,13,15,16);1-3H3;1H;/q;;;-1;;+2/p-1/t13-,16+,17+,18-,22+,37?;13-,27?;6-,7-,8+,11-;;;/m001.../s1. The molecule has 2 fully saturated rings. The van der Waals surface area contributed by atoms with Crippen LogP contribution >= 0.6 is 15.5 Å². The summed E-state index contributed by atoms with van der Waals surface area (Å²) in [5.41, 5.74) is 7.90. The number of nitrogens with zero attached hydrogens (tertiary/aromatic N) is 9. The number of anilines is 2. The number of imidazole rings is 2. The van der Waals surface area contributed by atoms with Crippen LogP contribution in [-0.2, 0) is 42.2 Å². The van der Waals surface area contributed by atoms with Crippen LogP contribution < -0.4 is 47.6 Å². The Kier molecular flexibility index (Phi) is 28.1. The smallest absolute Gasteiger partial charge is 1.00 e. The van der Waals surface area contributed by atoms with Gasteiger partial charge in [0.1, 0.15) is 78.6 Å². The predicted octanol–water partition coefficient (Wildman–Crippen LogP) is 3.15. The van der Waals surface area contributed by atoms with Gasteiger partial charge in [-0.3, -0.25) is 24.2 Å². The second kappa shape index (κ2) is 33.5. The Hall–Kier alpha value is -6.84. The molecule has 486 valence electrons. The van der Waals surface area contributed by atoms with Crippen molar-refractivity contribution in [2.45, 2.75) is 122 Å². The number of nitrogens with two attached hydrogens (primary N) is 2. The molecule has 7 aromatic rings. The van der Waals surface area contributed by atoms with E-state index in [1.807, 2.05) is 0 Å². The molecule has 0 aliphatic carbocycles. The number of hydrogen-bond donors (Lipinski definition) is 7. The van der Waals surface area contributed by atoms with E-state index < -0.39 is 106 Å². The Morgan fingerprint density at radius 3 is 1.48 bits per heavy atom. The molecule has 90 heavy (non-hydrogen) atoms. The van der Waals surface area contributed by atoms with Gasteiger partial charge in [0.05, 0.1) is 55.1 Å². The maximum Gasteiger partial charge on any atom is 2.00 e. The monoisotopic (exact) mass is 1330 g/mol. The van der Waals surface area contributed by atoms with Crippen molar-refractivity contribution in [2.75, 3.05) is 37.9 Å². The number of esters is 2. The van der Waals surface area contributed by atoms with Crippen molar-refractivity contribution < 1.29 is 97.2 Å². The van der Waals surface area contributed by atoms with Gasteiger partial charge >= 0.3 is 50.5 Å². The first-order chi connectivity index (χ1) is 41.6. The van der Waals surface area contributed by atoms with Crippen molar-refractivity contribution in [2.24, 2.45) is 0 Å². The zero-order valence-corrected chi connectivity index (χ0v) is 54.3. The van der Waals surface area contributed by atoms with Crippen molar-refractivity contribution in [3.8, 4) is 17.2 Å². The van der Waals surface area contributed by atoms with Gasteiger partial charge in [-0.05, 0) is 77.9 Å². The molecule has 2 saturated heterocycles. The molecule has 0 saturated carbocycles. The van der Waals surface area contributed by atoms with Crippen LogP contribution in [0.25, 0.3) is 11.3 Å². The van der Waals surface area contributed by atoms with E-state index in [1.54, 1.807) is 74.5 Å². The van der Waals surface area contributed by atoms with Crippen LogP contribution in [0.3, 0.4) is 0 Å². The van der Waals surface area contributed by atoms with Crippen LogP contribution in [-0.4, -0.2) is 169 Å². The fourth-order valence-electron chi connectivity index (χ4n) is 8.31. The summed E-state index contributed by atoms with van der Waals surface area (Å²) in [6, 6.07) is 19.3. The third kappa shape index (κ3) is 19.4. The number of nitro groups is 1. The van der Waals surface area contributed by atoms with E-state index in [0.29, 0.717) is 5.69 Å². The minimum Gasteiger partial charge on any atom is -1.00 e. The minimum atomic E-state index is -4.24. The summed E-state index contributed by atoms with van der Waals surface area (Å²) in [7, 11) is -8.30. The SMILES string of the molecule is CCOC(=O)[C@H](C)NP(=O)(OC[C@H]1O[C@@H](c2cnc3c(N)ncnn23)[C@](C)(F)[C@@H]1O)Oc1ccccc1.CCOC(=O)[C@H](C)NP(=O)(Oc1ccccc1)Oc1ccc([N+](=O)[O-])cc1.C[C-](C)C.C[C@@]1(F)[C@H](O)[C@@H](CO)O[C@H]1c1cnc2c(N)ncnn12.[Cl-].[Mg+2]. The summed E-state index contributed by atoms with van der Waals surface area (Å²) in [5, 5.41) is 53.5. The number of hydrogen-bond acceptors (Lipinski definition) is 25. The molecule has 9 rings (SSSR count). The van der Waals surface area contributed by atoms with Crippen LogP contribution in [0.1, 0.15) is 85.9 Å². The van der Waals surface area contributed by atoms with E-state index in [2.05, 4.69) is 61.1 Å². The molecule has 3 aromatic carbocycles. The third-order valence-electron chi connectivity index (χ3n) is 12.5. The number of carbonyl (C=O) groups is 2. The van der Waals surface area contributed by atoms with Crippen LogP contribution in [0.15, 0.2) is 110 Å². The first kappa shape index (κ1) is 75.6. The van der Waals surface area contributed by atoms with Crippen LogP contribution in [0, 0.1) is 16.0 Å². The van der Waals surface area contributed by atoms with Crippen molar-refractivity contribution in [1.82, 2.24) is 49.3 Å². The number of aliphatic hydroxyl groups is 3. The van der Waals surface area contributed by atoms with E-state index in [0.717, 1.165) is 6.92 Å². The van der Waals surface area contributed by atoms with Crippen molar-refractivity contribution in [3.05, 3.63) is 137 Å². The molecule has 12 atom stereocenters. The summed E-state index contributed by atoms with van der Waals surface area (Å²) in [6.45, 7) is 14.0. The number of non-ortho nitro benzene ring substituents is 1. The summed E-state index contributed by atoms with van der Waals surface area (Å²) < 4.78 is 103. The fraction of sp³-hybridized carbons (Fsp3) is 0.426. The number of nitrogens with one attached hydrogen (secondary N) is 2. The molecule has 6 heterocycles. The average Bonchev–Trinajstić information content (AvgIpc) is 1.72. The number of fused-ring (bicyclic) bond motifs is 2. The topological polar surface area (TPSA) is 408 Å². The average molecular weight is 1330 g/mol. The third-order valence-corrected chi connectivity index (χ3v) is 15.8. The zero-order valence-electron chi connectivity index (χ0n) is 50.3. The number of rotatable bonds is 21. The number of ether oxygens (including phenoxy) is 4. The van der Waals surface area contributed by atoms with Crippen molar-refractivity contribution in [3.63, 3.8) is 0 Å². The number of aliphatic hydroxyl groups excluding tert-OH is 3. The van der Waals surface area contributed by atoms with Gasteiger partial charge in [0, 0.05) is 12.1 Å². The van der Waals surface area contributed by atoms with E-state index >= 15 is 4.39 Å². The second-order valence-corrected chi connectivity index (χ2v) is 23.6. The molecule has 2 aliphatic heterocycles. The largest absolute Gasteiger partial charge is 2.00 e. The van der Waals surface area contributed by atoms with E-state index in [9.17, 15) is 43.4 Å². The predicted molar refractivity (Wildman–Crippen MR) is 317 cm³/mol. The normalized spacial score (nSPS) is 22.8. The number of halogens is 3. The van der Waals surface area contributed by atoms with Gasteiger partial charge in [-0.25, -0.2) is 46.9 Å². The Labute approximate surface area is 537 Å². The second-order valence-electron chi connectivity index (χ2n) is 20.3. The molecule has 0 bridgehead atoms. The molecule has 9 N–H and O–H groups in total. The maximum atomic E-state index is 15.8. The summed E-state index contributed by atoms with van der Waals surface area (Å²) in [6.07, 6.45) is -2.73. The van der Waals surface area contributed by atoms with Gasteiger partial charge in [0.25, 0.3) is 5.69 Å². The van der Waals surface area contributed by atoms with E-state index in [4.69, 9.17) is 53.6 Å². The van der Waals surface area contributed by atoms with Gasteiger partial charge in [0.2, 0.25) is 0 Å². The zero-order chi connectivity index (χ0) is 64.7. The van der Waals surface area contributed by atoms with Crippen LogP contribution in [0.2, 0.25) is 0 Å². The molecule has 2 aliphatic rings. The molecule has 0 radical (unpaired) electrons. The molecule has 0 spiro atoms. The number of alkyl halides is 2. The fourth-order valence-corrected chi connectivity index (χ4v) is 11.3. The number of nitrogen functional groups attached to an aromatic ring is 2. The Morgan fingerprint density at radius 2 is 1.09 bits per heavy atom. The maximum absolute atomic E-state index is 15.8. The van der Waals surface area contributed by atoms with Gasteiger partial charge in [-0.15, -0.1) is 0 Å². The molecule has 2 unspecified atom stereocenters. The van der Waals surface area contributed by atoms with E-state index in [1.165, 1.54) is 85.0 Å². The quantitative estimate of drug-likeness (QED) is 0.0136. The molecular formula is C54H70ClF2MgN13O17P2. The van der Waals surface area contributed by atoms with Crippen LogP contribution in [0.5, 0.6) is 17.2 Å². The van der Waals surface area contributed by atoms with Crippen molar-refractivity contribution >= 4 is 79.1 Å². The molecule has 0 amide bonds. The summed E-state index contributed by atoms with van der Waals surface area (Å²) in [5.74, 6) is 0.880. The number of para-hydroxylation sites is 2. The summed E-state index contributed by atoms with van der Waals surface area (Å²) >= 11 is 0. The number of carbonyl (C=O) groups excluding carboxylic acids is 2. The Morgan fingerprint density at radius 1 is 0.711 bits per heavy atom. The molecular weight excluding hydrogens is 1260 g/mol. The van der Waals surface area contributed by atoms with Crippen molar-refractivity contribution in [1.29, 1.82) is 0 Å². The molecule has 4 aromatic heterocycles. The first-order valence-corrected chi connectivity index (χ1v) is 30.1. The summed E-state index contributed by atoms with van der Waals surface area (Å²) in [4.78, 5) is 49.9. The Balaban J connectivity index is 0.000000288. The van der Waals surface area contributed by atoms with E-state index in [-0.39, 0.29) is 100 Å². The number of aromatic nitrogens is 8. The molecule has 30 nitrogen and oxygen atoms in total. The molecule has 36 heteroatoms. The van der Waals surface area contributed by atoms with Gasteiger partial charge < -0.3 is 77.6 Å². The number of nitro benzene ring substituents is 1. The van der Waals surface area contributed by atoms with Crippen LogP contribution in [0.4, 0.5) is 26.1 Å². The first-order valence-electron chi connectivity index (χ1n) is 27.1. The number of benzene rings is 3. The minimum absolute atomic E-state index is 0. The van der Waals surface area contributed by atoms with Gasteiger partial charge in [-0.2, -0.15) is 41.1 Å². The van der Waals surface area contributed by atoms with Gasteiger partial charge in [-0.1, -0.05) is 36.4 Å². The Bertz CT molecular complexity index is 3540.